The van der Waals surface area contributed by atoms with Gasteiger partial charge in [0.05, 0.1) is 0 Å². The van der Waals surface area contributed by atoms with E-state index in [1.807, 2.05) is 0 Å². The quantitative estimate of drug-likeness (QED) is 0.678. The molecule has 2 aliphatic rings. The molecule has 2 fully saturated rings. The zero-order valence-electron chi connectivity index (χ0n) is 9.55. The van der Waals surface area contributed by atoms with Crippen molar-refractivity contribution in [1.29, 1.82) is 0 Å². The highest BCUT2D eigenvalue weighted by Crippen LogP contribution is 2.30. The predicted molar refractivity (Wildman–Crippen MR) is 61.3 cm³/mol. The van der Waals surface area contributed by atoms with Gasteiger partial charge in [-0.1, -0.05) is 25.5 Å². The molecule has 0 spiro atoms. The van der Waals surface area contributed by atoms with Crippen molar-refractivity contribution in [3.05, 3.63) is 11.6 Å². The lowest BCUT2D eigenvalue weighted by molar-refractivity contribution is 0.471. The van der Waals surface area contributed by atoms with E-state index in [-0.39, 0.29) is 0 Å². The Morgan fingerprint density at radius 1 is 1.29 bits per heavy atom. The average Bonchev–Trinajstić information content (AvgIpc) is 2.45. The molecule has 1 heteroatoms. The molecule has 0 aromatic rings. The third-order valence-electron chi connectivity index (χ3n) is 3.53. The number of nitrogens with one attached hydrogen (secondary N) is 1. The van der Waals surface area contributed by atoms with Gasteiger partial charge in [0.25, 0.3) is 0 Å². The Balaban J connectivity index is 1.80. The number of fused-ring (bicyclic) bond motifs is 2. The minimum Gasteiger partial charge on any atom is -0.311 e. The summed E-state index contributed by atoms with van der Waals surface area (Å²) in [5.74, 6) is 0.852. The van der Waals surface area contributed by atoms with Crippen LogP contribution in [0.5, 0.6) is 0 Å². The number of hydrogen-bond donors (Lipinski definition) is 1. The molecule has 2 bridgehead atoms. The third kappa shape index (κ3) is 2.60. The van der Waals surface area contributed by atoms with Crippen LogP contribution in [0.4, 0.5) is 0 Å². The Bertz CT molecular complexity index is 203. The topological polar surface area (TPSA) is 12.0 Å². The first-order valence-corrected chi connectivity index (χ1v) is 6.18. The van der Waals surface area contributed by atoms with Crippen LogP contribution in [0.3, 0.4) is 0 Å². The van der Waals surface area contributed by atoms with Crippen LogP contribution in [0, 0.1) is 5.92 Å². The van der Waals surface area contributed by atoms with Crippen molar-refractivity contribution in [3.63, 3.8) is 0 Å². The Labute approximate surface area is 88.0 Å². The fraction of sp³-hybridized carbons (Fsp3) is 0.846. The molecule has 0 aliphatic carbocycles. The van der Waals surface area contributed by atoms with Gasteiger partial charge in [-0.05, 0) is 44.4 Å². The van der Waals surface area contributed by atoms with E-state index in [2.05, 4.69) is 25.2 Å². The number of hydrogen-bond acceptors (Lipinski definition) is 1. The molecular weight excluding hydrogens is 170 g/mol. The van der Waals surface area contributed by atoms with Crippen molar-refractivity contribution in [2.75, 3.05) is 0 Å². The van der Waals surface area contributed by atoms with Crippen molar-refractivity contribution in [3.8, 4) is 0 Å². The van der Waals surface area contributed by atoms with E-state index in [0.717, 1.165) is 18.0 Å². The summed E-state index contributed by atoms with van der Waals surface area (Å²) in [6.45, 7) is 4.62. The molecule has 2 aliphatic heterocycles. The van der Waals surface area contributed by atoms with Crippen molar-refractivity contribution in [1.82, 2.24) is 5.32 Å². The van der Waals surface area contributed by atoms with E-state index >= 15 is 0 Å². The zero-order chi connectivity index (χ0) is 9.97. The Hall–Kier alpha value is -0.300. The number of rotatable bonds is 3. The standard InChI is InChI=1S/C13H23N/c1-10(2)4-3-5-11-8-12-6-7-13(9-11)14-12/h5,10,12-14H,3-4,6-9H2,1-2H3. The Morgan fingerprint density at radius 2 is 1.93 bits per heavy atom. The van der Waals surface area contributed by atoms with Gasteiger partial charge in [-0.2, -0.15) is 0 Å². The van der Waals surface area contributed by atoms with Crippen molar-refractivity contribution in [2.45, 2.75) is 64.5 Å². The first kappa shape index (κ1) is 10.2. The van der Waals surface area contributed by atoms with E-state index in [9.17, 15) is 0 Å². The molecule has 0 aromatic heterocycles. The van der Waals surface area contributed by atoms with Gasteiger partial charge in [0.15, 0.2) is 0 Å². The fourth-order valence-electron chi connectivity index (χ4n) is 2.73. The number of allylic oxidation sites excluding steroid dienone is 1. The summed E-state index contributed by atoms with van der Waals surface area (Å²) in [7, 11) is 0. The van der Waals surface area contributed by atoms with E-state index in [4.69, 9.17) is 0 Å². The average molecular weight is 193 g/mol. The lowest BCUT2D eigenvalue weighted by Gasteiger charge is -2.23. The van der Waals surface area contributed by atoms with E-state index in [0.29, 0.717) is 0 Å². The normalized spacial score (nSPS) is 31.2. The summed E-state index contributed by atoms with van der Waals surface area (Å²) >= 11 is 0. The Kier molecular flexibility index (Phi) is 3.27. The molecule has 2 saturated heterocycles. The van der Waals surface area contributed by atoms with Crippen LogP contribution in [0.15, 0.2) is 11.6 Å². The molecule has 2 heterocycles. The van der Waals surface area contributed by atoms with Crippen LogP contribution in [0.25, 0.3) is 0 Å². The summed E-state index contributed by atoms with van der Waals surface area (Å²) in [5, 5.41) is 3.68. The van der Waals surface area contributed by atoms with Gasteiger partial charge in [0.2, 0.25) is 0 Å². The monoisotopic (exact) mass is 193 g/mol. The highest BCUT2D eigenvalue weighted by atomic mass is 15.0. The minimum absolute atomic E-state index is 0.819. The molecular formula is C13H23N. The van der Waals surface area contributed by atoms with Gasteiger partial charge in [-0.15, -0.1) is 0 Å². The molecule has 1 N–H and O–H groups in total. The molecule has 2 unspecified atom stereocenters. The molecule has 0 radical (unpaired) electrons. The molecule has 14 heavy (non-hydrogen) atoms. The van der Waals surface area contributed by atoms with Crippen molar-refractivity contribution in [2.24, 2.45) is 5.92 Å². The van der Waals surface area contributed by atoms with Crippen molar-refractivity contribution >= 4 is 0 Å². The Morgan fingerprint density at radius 3 is 2.50 bits per heavy atom. The maximum Gasteiger partial charge on any atom is 0.0107 e. The largest absolute Gasteiger partial charge is 0.311 e. The minimum atomic E-state index is 0.819. The lowest BCUT2D eigenvalue weighted by Crippen LogP contribution is -2.34. The summed E-state index contributed by atoms with van der Waals surface area (Å²) in [4.78, 5) is 0. The van der Waals surface area contributed by atoms with Gasteiger partial charge in [-0.25, -0.2) is 0 Å². The summed E-state index contributed by atoms with van der Waals surface area (Å²) < 4.78 is 0. The highest BCUT2D eigenvalue weighted by Gasteiger charge is 2.29. The summed E-state index contributed by atoms with van der Waals surface area (Å²) in [5.41, 5.74) is 1.73. The molecule has 0 saturated carbocycles. The SMILES string of the molecule is CC(C)CCC=C1CC2CCC(C1)N2. The zero-order valence-corrected chi connectivity index (χ0v) is 9.55. The molecule has 1 nitrogen and oxygen atoms in total. The molecule has 2 rings (SSSR count). The predicted octanol–water partition coefficient (Wildman–Crippen LogP) is 3.26. The molecule has 80 valence electrons. The summed E-state index contributed by atoms with van der Waals surface area (Å²) in [6, 6.07) is 1.64. The first-order valence-electron chi connectivity index (χ1n) is 6.18. The second-order valence-corrected chi connectivity index (χ2v) is 5.38. The van der Waals surface area contributed by atoms with Crippen LogP contribution in [-0.4, -0.2) is 12.1 Å². The van der Waals surface area contributed by atoms with E-state index in [1.165, 1.54) is 38.5 Å². The first-order chi connectivity index (χ1) is 6.74. The van der Waals surface area contributed by atoms with Crippen molar-refractivity contribution < 1.29 is 0 Å². The van der Waals surface area contributed by atoms with Gasteiger partial charge < -0.3 is 5.32 Å². The highest BCUT2D eigenvalue weighted by molar-refractivity contribution is 5.13. The third-order valence-corrected chi connectivity index (χ3v) is 3.53. The van der Waals surface area contributed by atoms with Crippen LogP contribution < -0.4 is 5.32 Å². The maximum atomic E-state index is 3.68. The van der Waals surface area contributed by atoms with Crippen LogP contribution >= 0.6 is 0 Å². The molecule has 0 aromatic carbocycles. The van der Waals surface area contributed by atoms with E-state index < -0.39 is 0 Å². The second-order valence-electron chi connectivity index (χ2n) is 5.38. The number of piperidine rings is 1. The van der Waals surface area contributed by atoms with Crippen LogP contribution in [0.2, 0.25) is 0 Å². The maximum absolute atomic E-state index is 3.68. The van der Waals surface area contributed by atoms with Crippen LogP contribution in [-0.2, 0) is 0 Å². The smallest absolute Gasteiger partial charge is 0.0107 e. The molecule has 0 amide bonds. The van der Waals surface area contributed by atoms with Gasteiger partial charge in [-0.3, -0.25) is 0 Å². The van der Waals surface area contributed by atoms with E-state index in [1.54, 1.807) is 5.57 Å². The fourth-order valence-corrected chi connectivity index (χ4v) is 2.73. The van der Waals surface area contributed by atoms with Crippen LogP contribution in [0.1, 0.15) is 52.4 Å². The van der Waals surface area contributed by atoms with Gasteiger partial charge >= 0.3 is 0 Å². The van der Waals surface area contributed by atoms with Gasteiger partial charge in [0, 0.05) is 12.1 Å². The molecule has 2 atom stereocenters. The second kappa shape index (κ2) is 4.48. The lowest BCUT2D eigenvalue weighted by atomic mass is 9.96. The van der Waals surface area contributed by atoms with Gasteiger partial charge in [0.1, 0.15) is 0 Å². The summed E-state index contributed by atoms with van der Waals surface area (Å²) in [6.07, 6.45) is 10.6.